The van der Waals surface area contributed by atoms with E-state index in [4.69, 9.17) is 0 Å². The number of hydrogen-bond donors (Lipinski definition) is 0. The molecule has 2 aliphatic carbocycles. The Morgan fingerprint density at radius 3 is 0.792 bits per heavy atom. The molecule has 0 aliphatic heterocycles. The second-order valence-electron chi connectivity index (χ2n) is 7.25. The van der Waals surface area contributed by atoms with Crippen LogP contribution in [0.1, 0.15) is 69.2 Å². The fourth-order valence-corrected chi connectivity index (χ4v) is 2.81. The molecular weight excluding hydrogens is 438 g/mol. The van der Waals surface area contributed by atoms with Gasteiger partial charge in [-0.15, -0.1) is 13.8 Å². The second-order valence-corrected chi connectivity index (χ2v) is 7.25. The van der Waals surface area contributed by atoms with Gasteiger partial charge in [0.2, 0.25) is 0 Å². The normalized spacial score (nSPS) is 19.6. The summed E-state index contributed by atoms with van der Waals surface area (Å²) in [7, 11) is 0. The molecule has 0 fully saturated rings. The second kappa shape index (κ2) is 11.4. The minimum Gasteiger partial charge on any atom is -1.00 e. The van der Waals surface area contributed by atoms with Gasteiger partial charge in [-0.1, -0.05) is 66.2 Å². The van der Waals surface area contributed by atoms with Gasteiger partial charge in [-0.25, -0.2) is 11.1 Å². The van der Waals surface area contributed by atoms with E-state index in [1.807, 2.05) is 0 Å². The summed E-state index contributed by atoms with van der Waals surface area (Å²) in [6, 6.07) is 0. The Bertz CT molecular complexity index is 497. The average molecular weight is 468 g/mol. The summed E-state index contributed by atoms with van der Waals surface area (Å²) in [4.78, 5) is 0. The number of rotatable bonds is 0. The average Bonchev–Trinajstić information content (AvgIpc) is 2.60. The van der Waals surface area contributed by atoms with E-state index in [-0.39, 0.29) is 74.3 Å². The Morgan fingerprint density at radius 2 is 0.750 bits per heavy atom. The van der Waals surface area contributed by atoms with E-state index in [0.717, 1.165) is 0 Å². The Hall–Kier alpha value is 0.713. The van der Waals surface area contributed by atoms with Gasteiger partial charge in [0.05, 0.1) is 0 Å². The van der Waals surface area contributed by atoms with Crippen molar-refractivity contribution in [1.29, 1.82) is 0 Å². The monoisotopic (exact) mass is 465 g/mol. The minimum atomic E-state index is 0. The fourth-order valence-electron chi connectivity index (χ4n) is 2.81. The molecule has 0 aromatic carbocycles. The third-order valence-electron chi connectivity index (χ3n) is 5.12. The molecule has 0 saturated carbocycles. The van der Waals surface area contributed by atoms with Crippen molar-refractivity contribution in [2.45, 2.75) is 69.2 Å². The molecule has 2 rings (SSSR count). The quantitative estimate of drug-likeness (QED) is 0.339. The molecule has 0 spiro atoms. The van der Waals surface area contributed by atoms with Gasteiger partial charge in [0.1, 0.15) is 0 Å². The first-order valence-electron chi connectivity index (χ1n) is 7.50. The van der Waals surface area contributed by atoms with Crippen molar-refractivity contribution in [1.82, 2.24) is 0 Å². The van der Waals surface area contributed by atoms with Crippen LogP contribution in [0.2, 0.25) is 0 Å². The van der Waals surface area contributed by atoms with Crippen LogP contribution in [0.25, 0.3) is 0 Å². The van der Waals surface area contributed by atoms with E-state index in [2.05, 4.69) is 81.4 Å². The maximum atomic E-state index is 3.44. The molecule has 0 bridgehead atoms. The largest absolute Gasteiger partial charge is 3.00 e. The van der Waals surface area contributed by atoms with Gasteiger partial charge in [-0.3, -0.25) is 12.2 Å². The van der Waals surface area contributed by atoms with Crippen molar-refractivity contribution in [2.75, 3.05) is 0 Å². The maximum Gasteiger partial charge on any atom is 3.00 e. The standard InChI is InChI=1S/2C10H15.3ClH.Zr/c2*1-7-6-10(4,5)9(3)8(7)2;;;;/h2*1-5H3;3*1H;/q2*-1;;;;+3/p-3. The zero-order valence-corrected chi connectivity index (χ0v) is 21.4. The summed E-state index contributed by atoms with van der Waals surface area (Å²) in [5.74, 6) is 0. The van der Waals surface area contributed by atoms with Crippen LogP contribution in [0.4, 0.5) is 0 Å². The smallest absolute Gasteiger partial charge is 1.00 e. The van der Waals surface area contributed by atoms with Crippen LogP contribution in [0.15, 0.2) is 33.4 Å². The molecule has 137 valence electrons. The van der Waals surface area contributed by atoms with Crippen LogP contribution >= 0.6 is 0 Å². The summed E-state index contributed by atoms with van der Waals surface area (Å²) in [5, 5.41) is 0. The molecule has 0 unspecified atom stereocenters. The molecule has 0 saturated heterocycles. The predicted octanol–water partition coefficient (Wildman–Crippen LogP) is -2.77. The number of hydrogen-bond acceptors (Lipinski definition) is 0. The van der Waals surface area contributed by atoms with Gasteiger partial charge in [0.15, 0.2) is 0 Å². The van der Waals surface area contributed by atoms with Crippen molar-refractivity contribution in [2.24, 2.45) is 10.8 Å². The molecule has 0 aromatic rings. The predicted molar refractivity (Wildman–Crippen MR) is 89.2 cm³/mol. The summed E-state index contributed by atoms with van der Waals surface area (Å²) in [5.41, 5.74) is 8.79. The summed E-state index contributed by atoms with van der Waals surface area (Å²) in [6.45, 7) is 21.8. The van der Waals surface area contributed by atoms with E-state index in [9.17, 15) is 0 Å². The van der Waals surface area contributed by atoms with Crippen molar-refractivity contribution in [3.8, 4) is 0 Å². The van der Waals surface area contributed by atoms with Crippen LogP contribution in [0.5, 0.6) is 0 Å². The molecule has 1 radical (unpaired) electrons. The van der Waals surface area contributed by atoms with Gasteiger partial charge < -0.3 is 37.2 Å². The Balaban J connectivity index is -0.000000143. The molecule has 0 heterocycles. The summed E-state index contributed by atoms with van der Waals surface area (Å²) >= 11 is 0. The van der Waals surface area contributed by atoms with Crippen LogP contribution in [0.3, 0.4) is 0 Å². The first kappa shape index (κ1) is 32.4. The van der Waals surface area contributed by atoms with E-state index in [1.165, 1.54) is 33.4 Å². The van der Waals surface area contributed by atoms with Crippen LogP contribution in [0, 0.1) is 23.0 Å². The van der Waals surface area contributed by atoms with E-state index < -0.39 is 0 Å². The Kier molecular flexibility index (Phi) is 15.4. The molecular formula is C20H30Cl3Zr-2. The first-order chi connectivity index (χ1) is 8.90. The van der Waals surface area contributed by atoms with Crippen LogP contribution in [-0.4, -0.2) is 0 Å². The number of allylic oxidation sites excluding steroid dienone is 8. The third kappa shape index (κ3) is 7.15. The van der Waals surface area contributed by atoms with Gasteiger partial charge in [-0.05, 0) is 0 Å². The Morgan fingerprint density at radius 1 is 0.542 bits per heavy atom. The first-order valence-corrected chi connectivity index (χ1v) is 7.50. The Labute approximate surface area is 188 Å². The summed E-state index contributed by atoms with van der Waals surface area (Å²) < 4.78 is 0. The number of halogens is 3. The molecule has 0 N–H and O–H groups in total. The molecule has 0 aromatic heterocycles. The van der Waals surface area contributed by atoms with E-state index in [0.29, 0.717) is 0 Å². The minimum absolute atomic E-state index is 0. The maximum absolute atomic E-state index is 3.44. The van der Waals surface area contributed by atoms with Gasteiger partial charge in [-0.2, -0.15) is 22.3 Å². The zero-order valence-electron chi connectivity index (χ0n) is 16.6. The third-order valence-corrected chi connectivity index (χ3v) is 5.12. The molecule has 0 atom stereocenters. The molecule has 0 nitrogen and oxygen atoms in total. The van der Waals surface area contributed by atoms with E-state index in [1.54, 1.807) is 0 Å². The topological polar surface area (TPSA) is 0 Å². The van der Waals surface area contributed by atoms with Crippen molar-refractivity contribution in [3.05, 3.63) is 45.6 Å². The van der Waals surface area contributed by atoms with Crippen molar-refractivity contribution in [3.63, 3.8) is 0 Å². The molecule has 4 heteroatoms. The zero-order chi connectivity index (χ0) is 15.9. The molecule has 0 amide bonds. The van der Waals surface area contributed by atoms with Crippen molar-refractivity contribution < 1.29 is 63.4 Å². The van der Waals surface area contributed by atoms with Gasteiger partial charge >= 0.3 is 26.2 Å². The SMILES string of the molecule is CC1=[C-]C(C)(C)C(C)=C1C.CC1=[C-]C(C)(C)C(C)=C1C.[Cl-].[Cl-].[Cl-].[Zr+3]. The van der Waals surface area contributed by atoms with Crippen LogP contribution in [-0.2, 0) is 26.2 Å². The van der Waals surface area contributed by atoms with Crippen molar-refractivity contribution >= 4 is 0 Å². The molecule has 24 heavy (non-hydrogen) atoms. The fraction of sp³-hybridized carbons (Fsp3) is 0.600. The summed E-state index contributed by atoms with van der Waals surface area (Å²) in [6.07, 6.45) is 6.87. The van der Waals surface area contributed by atoms with Gasteiger partial charge in [0.25, 0.3) is 0 Å². The molecule has 2 aliphatic rings. The van der Waals surface area contributed by atoms with Crippen LogP contribution < -0.4 is 37.2 Å². The van der Waals surface area contributed by atoms with E-state index >= 15 is 0 Å². The van der Waals surface area contributed by atoms with Gasteiger partial charge in [0, 0.05) is 0 Å².